The molecule has 0 saturated heterocycles. The maximum atomic E-state index is 12.7. The number of carboxylic acids is 1. The van der Waals surface area contributed by atoms with Gasteiger partial charge in [0.25, 0.3) is 0 Å². The standard InChI is InChI=1S/C24H33NO5/c1-6-8-21(30-24(28)22(25)14(3)7-2)20-12-17(15(4)23(26)27)11-16-9-10-18(29-5)13-19(16)20/h9-15,21-22H,6-8,25H2,1-5H3,(H,26,27)/t14-,15?,21?,22-/m0/s1. The van der Waals surface area contributed by atoms with Crippen molar-refractivity contribution in [2.45, 2.75) is 65.0 Å². The molecule has 3 N–H and O–H groups in total. The number of hydrogen-bond donors (Lipinski definition) is 2. The van der Waals surface area contributed by atoms with Crippen molar-refractivity contribution in [3.05, 3.63) is 41.5 Å². The predicted molar refractivity (Wildman–Crippen MR) is 118 cm³/mol. The second-order valence-corrected chi connectivity index (χ2v) is 7.88. The Kier molecular flexibility index (Phi) is 8.24. The molecule has 164 valence electrons. The first-order valence-corrected chi connectivity index (χ1v) is 10.5. The van der Waals surface area contributed by atoms with Crippen LogP contribution in [0.4, 0.5) is 0 Å². The fourth-order valence-corrected chi connectivity index (χ4v) is 3.42. The number of aliphatic carboxylic acids is 1. The Bertz CT molecular complexity index is 895. The van der Waals surface area contributed by atoms with E-state index in [0.29, 0.717) is 17.7 Å². The molecule has 0 spiro atoms. The van der Waals surface area contributed by atoms with Crippen molar-refractivity contribution in [1.82, 2.24) is 0 Å². The van der Waals surface area contributed by atoms with Gasteiger partial charge in [0.2, 0.25) is 0 Å². The largest absolute Gasteiger partial charge is 0.497 e. The minimum atomic E-state index is -0.906. The lowest BCUT2D eigenvalue weighted by atomic mass is 9.90. The molecule has 0 aliphatic heterocycles. The first kappa shape index (κ1) is 23.7. The lowest BCUT2D eigenvalue weighted by molar-refractivity contribution is -0.152. The average molecular weight is 416 g/mol. The monoisotopic (exact) mass is 415 g/mol. The summed E-state index contributed by atoms with van der Waals surface area (Å²) in [6, 6.07) is 8.63. The second-order valence-electron chi connectivity index (χ2n) is 7.88. The Hall–Kier alpha value is -2.60. The SMILES string of the molecule is CCCC(OC(=O)[C@@H](N)[C@@H](C)CC)c1cc(C(C)C(=O)O)cc2ccc(OC)cc12. The number of fused-ring (bicyclic) bond motifs is 1. The van der Waals surface area contributed by atoms with Crippen LogP contribution >= 0.6 is 0 Å². The van der Waals surface area contributed by atoms with Crippen LogP contribution in [0.2, 0.25) is 0 Å². The van der Waals surface area contributed by atoms with Gasteiger partial charge in [0.15, 0.2) is 0 Å². The van der Waals surface area contributed by atoms with Crippen LogP contribution in [-0.4, -0.2) is 30.2 Å². The third kappa shape index (κ3) is 5.30. The summed E-state index contributed by atoms with van der Waals surface area (Å²) in [4.78, 5) is 24.3. The number of hydrogen-bond acceptors (Lipinski definition) is 5. The molecule has 0 fully saturated rings. The molecule has 30 heavy (non-hydrogen) atoms. The molecule has 0 aromatic heterocycles. The van der Waals surface area contributed by atoms with Crippen LogP contribution < -0.4 is 10.5 Å². The summed E-state index contributed by atoms with van der Waals surface area (Å²) in [5.74, 6) is -1.33. The first-order chi connectivity index (χ1) is 14.2. The van der Waals surface area contributed by atoms with Crippen molar-refractivity contribution < 1.29 is 24.2 Å². The average Bonchev–Trinajstić information content (AvgIpc) is 2.75. The van der Waals surface area contributed by atoms with Gasteiger partial charge in [-0.3, -0.25) is 9.59 Å². The zero-order valence-corrected chi connectivity index (χ0v) is 18.5. The number of rotatable bonds is 10. The van der Waals surface area contributed by atoms with Crippen LogP contribution in [0.1, 0.15) is 70.1 Å². The summed E-state index contributed by atoms with van der Waals surface area (Å²) < 4.78 is 11.3. The first-order valence-electron chi connectivity index (χ1n) is 10.5. The molecule has 0 radical (unpaired) electrons. The highest BCUT2D eigenvalue weighted by atomic mass is 16.5. The van der Waals surface area contributed by atoms with E-state index in [-0.39, 0.29) is 5.92 Å². The van der Waals surface area contributed by atoms with E-state index in [2.05, 4.69) is 0 Å². The lowest BCUT2D eigenvalue weighted by Crippen LogP contribution is -2.38. The van der Waals surface area contributed by atoms with Crippen molar-refractivity contribution in [3.63, 3.8) is 0 Å². The molecular formula is C24H33NO5. The number of nitrogens with two attached hydrogens (primary N) is 1. The van der Waals surface area contributed by atoms with Crippen molar-refractivity contribution in [3.8, 4) is 5.75 Å². The minimum Gasteiger partial charge on any atom is -0.497 e. The summed E-state index contributed by atoms with van der Waals surface area (Å²) >= 11 is 0. The number of carboxylic acid groups (broad SMARTS) is 1. The molecule has 0 aliphatic carbocycles. The fourth-order valence-electron chi connectivity index (χ4n) is 3.42. The molecule has 2 rings (SSSR count). The molecule has 0 amide bonds. The Morgan fingerprint density at radius 3 is 2.40 bits per heavy atom. The fraction of sp³-hybridized carbons (Fsp3) is 0.500. The van der Waals surface area contributed by atoms with Crippen LogP contribution in [-0.2, 0) is 14.3 Å². The lowest BCUT2D eigenvalue weighted by Gasteiger charge is -2.25. The Balaban J connectivity index is 2.59. The van der Waals surface area contributed by atoms with Gasteiger partial charge < -0.3 is 20.3 Å². The van der Waals surface area contributed by atoms with E-state index in [4.69, 9.17) is 15.2 Å². The van der Waals surface area contributed by atoms with E-state index in [1.54, 1.807) is 14.0 Å². The topological polar surface area (TPSA) is 98.9 Å². The van der Waals surface area contributed by atoms with E-state index >= 15 is 0 Å². The molecule has 6 nitrogen and oxygen atoms in total. The molecule has 0 saturated carbocycles. The smallest absolute Gasteiger partial charge is 0.323 e. The van der Waals surface area contributed by atoms with Gasteiger partial charge >= 0.3 is 11.9 Å². The van der Waals surface area contributed by atoms with Gasteiger partial charge in [-0.05, 0) is 47.7 Å². The summed E-state index contributed by atoms with van der Waals surface area (Å²) in [6.07, 6.45) is 1.66. The van der Waals surface area contributed by atoms with Crippen molar-refractivity contribution in [1.29, 1.82) is 0 Å². The highest BCUT2D eigenvalue weighted by Gasteiger charge is 2.27. The predicted octanol–water partition coefficient (Wildman–Crippen LogP) is 4.79. The van der Waals surface area contributed by atoms with E-state index in [1.165, 1.54) is 0 Å². The van der Waals surface area contributed by atoms with Gasteiger partial charge in [-0.1, -0.05) is 51.8 Å². The number of esters is 1. The normalized spacial score (nSPS) is 15.3. The van der Waals surface area contributed by atoms with Crippen LogP contribution in [0, 0.1) is 5.92 Å². The van der Waals surface area contributed by atoms with Gasteiger partial charge in [-0.25, -0.2) is 0 Å². The van der Waals surface area contributed by atoms with Crippen LogP contribution in [0.5, 0.6) is 5.75 Å². The second kappa shape index (κ2) is 10.4. The zero-order valence-electron chi connectivity index (χ0n) is 18.5. The summed E-state index contributed by atoms with van der Waals surface area (Å²) in [7, 11) is 1.59. The zero-order chi connectivity index (χ0) is 22.4. The third-order valence-corrected chi connectivity index (χ3v) is 5.77. The van der Waals surface area contributed by atoms with Gasteiger partial charge in [-0.15, -0.1) is 0 Å². The summed E-state index contributed by atoms with van der Waals surface area (Å²) in [5.41, 5.74) is 7.54. The number of ether oxygens (including phenoxy) is 2. The molecule has 2 unspecified atom stereocenters. The molecule has 6 heteroatoms. The van der Waals surface area contributed by atoms with Crippen LogP contribution in [0.25, 0.3) is 10.8 Å². The maximum absolute atomic E-state index is 12.7. The Labute approximate surface area is 178 Å². The molecule has 4 atom stereocenters. The highest BCUT2D eigenvalue weighted by Crippen LogP contribution is 2.35. The highest BCUT2D eigenvalue weighted by molar-refractivity contribution is 5.90. The third-order valence-electron chi connectivity index (χ3n) is 5.77. The van der Waals surface area contributed by atoms with Crippen LogP contribution in [0.3, 0.4) is 0 Å². The Morgan fingerprint density at radius 2 is 1.83 bits per heavy atom. The van der Waals surface area contributed by atoms with Gasteiger partial charge in [0.1, 0.15) is 17.9 Å². The molecule has 2 aromatic carbocycles. The molecule has 0 bridgehead atoms. The van der Waals surface area contributed by atoms with Gasteiger partial charge in [0.05, 0.1) is 13.0 Å². The molecular weight excluding hydrogens is 382 g/mol. The number of methoxy groups -OCH3 is 1. The van der Waals surface area contributed by atoms with E-state index in [1.807, 2.05) is 51.1 Å². The summed E-state index contributed by atoms with van der Waals surface area (Å²) in [6.45, 7) is 7.58. The molecule has 2 aromatic rings. The quantitative estimate of drug-likeness (QED) is 0.541. The van der Waals surface area contributed by atoms with Crippen molar-refractivity contribution in [2.75, 3.05) is 7.11 Å². The molecule has 0 aliphatic rings. The van der Waals surface area contributed by atoms with Crippen molar-refractivity contribution >= 4 is 22.7 Å². The summed E-state index contributed by atoms with van der Waals surface area (Å²) in [5, 5.41) is 11.3. The van der Waals surface area contributed by atoms with Crippen molar-refractivity contribution in [2.24, 2.45) is 11.7 Å². The number of carbonyl (C=O) groups excluding carboxylic acids is 1. The molecule has 0 heterocycles. The number of carbonyl (C=O) groups is 2. The van der Waals surface area contributed by atoms with Crippen LogP contribution in [0.15, 0.2) is 30.3 Å². The van der Waals surface area contributed by atoms with Gasteiger partial charge in [-0.2, -0.15) is 0 Å². The van der Waals surface area contributed by atoms with E-state index in [9.17, 15) is 14.7 Å². The van der Waals surface area contributed by atoms with Gasteiger partial charge in [0, 0.05) is 5.56 Å². The Morgan fingerprint density at radius 1 is 1.13 bits per heavy atom. The van der Waals surface area contributed by atoms with E-state index in [0.717, 1.165) is 29.2 Å². The number of benzene rings is 2. The van der Waals surface area contributed by atoms with E-state index < -0.39 is 30.0 Å². The maximum Gasteiger partial charge on any atom is 0.323 e. The minimum absolute atomic E-state index is 0.00924.